The molecule has 0 fully saturated rings. The van der Waals surface area contributed by atoms with Crippen LogP contribution in [0.2, 0.25) is 0 Å². The molecule has 3 rings (SSSR count). The molecule has 110 valence electrons. The minimum Gasteiger partial charge on any atom is -0.0958 e. The van der Waals surface area contributed by atoms with Gasteiger partial charge in [-0.25, -0.2) is 0 Å². The van der Waals surface area contributed by atoms with E-state index >= 15 is 0 Å². The van der Waals surface area contributed by atoms with E-state index in [9.17, 15) is 0 Å². The van der Waals surface area contributed by atoms with Gasteiger partial charge < -0.3 is 0 Å². The van der Waals surface area contributed by atoms with Crippen LogP contribution in [0.3, 0.4) is 0 Å². The van der Waals surface area contributed by atoms with Gasteiger partial charge in [-0.15, -0.1) is 0 Å². The first-order chi connectivity index (χ1) is 10.1. The summed E-state index contributed by atoms with van der Waals surface area (Å²) in [4.78, 5) is 0. The highest BCUT2D eigenvalue weighted by atomic mass is 14.3. The molecular weight excluding hydrogens is 252 g/mol. The van der Waals surface area contributed by atoms with E-state index < -0.39 is 0 Å². The van der Waals surface area contributed by atoms with Gasteiger partial charge in [-0.1, -0.05) is 38.7 Å². The first-order valence-corrected chi connectivity index (χ1v) is 8.32. The predicted octanol–water partition coefficient (Wildman–Crippen LogP) is 5.37. The highest BCUT2D eigenvalue weighted by Crippen LogP contribution is 2.42. The Morgan fingerprint density at radius 1 is 1.05 bits per heavy atom. The number of hydrogen-bond donors (Lipinski definition) is 0. The Morgan fingerprint density at radius 3 is 2.24 bits per heavy atom. The molecule has 0 bridgehead atoms. The highest BCUT2D eigenvalue weighted by molar-refractivity contribution is 5.83. The summed E-state index contributed by atoms with van der Waals surface area (Å²) in [5.41, 5.74) is 13.3. The quantitative estimate of drug-likeness (QED) is 0.697. The molecule has 1 aromatic carbocycles. The summed E-state index contributed by atoms with van der Waals surface area (Å²) in [6.07, 6.45) is 9.46. The second-order valence-corrected chi connectivity index (χ2v) is 6.48. The Kier molecular flexibility index (Phi) is 3.65. The Balaban J connectivity index is 2.30. The number of fused-ring (bicyclic) bond motifs is 2. The van der Waals surface area contributed by atoms with Crippen molar-refractivity contribution in [1.29, 1.82) is 0 Å². The third-order valence-corrected chi connectivity index (χ3v) is 5.21. The Hall–Kier alpha value is -1.56. The van der Waals surface area contributed by atoms with Crippen molar-refractivity contribution >= 4 is 5.57 Å². The molecule has 1 aromatic rings. The van der Waals surface area contributed by atoms with E-state index in [4.69, 9.17) is 0 Å². The molecule has 0 saturated carbocycles. The summed E-state index contributed by atoms with van der Waals surface area (Å²) >= 11 is 0. The van der Waals surface area contributed by atoms with Gasteiger partial charge in [0.1, 0.15) is 0 Å². The SMILES string of the molecule is C=C(C)C1=CC(=C)c2c(CC)c3c(c(CC)c2C1)CCC3. The summed E-state index contributed by atoms with van der Waals surface area (Å²) in [6, 6.07) is 0. The average molecular weight is 278 g/mol. The molecule has 2 aliphatic rings. The van der Waals surface area contributed by atoms with E-state index in [1.807, 2.05) is 0 Å². The molecule has 0 aliphatic heterocycles. The molecule has 0 aromatic heterocycles. The number of hydrogen-bond acceptors (Lipinski definition) is 0. The highest BCUT2D eigenvalue weighted by Gasteiger charge is 2.27. The molecule has 0 nitrogen and oxygen atoms in total. The molecule has 0 amide bonds. The summed E-state index contributed by atoms with van der Waals surface area (Å²) in [7, 11) is 0. The normalized spacial score (nSPS) is 16.5. The lowest BCUT2D eigenvalue weighted by atomic mass is 9.77. The largest absolute Gasteiger partial charge is 0.0958 e. The third kappa shape index (κ3) is 2.12. The van der Waals surface area contributed by atoms with Gasteiger partial charge in [0.2, 0.25) is 0 Å². The fourth-order valence-electron chi connectivity index (χ4n) is 4.27. The van der Waals surface area contributed by atoms with Crippen molar-refractivity contribution in [3.63, 3.8) is 0 Å². The topological polar surface area (TPSA) is 0 Å². The second kappa shape index (κ2) is 5.33. The lowest BCUT2D eigenvalue weighted by molar-refractivity contribution is 0.900. The number of allylic oxidation sites excluding steroid dienone is 4. The molecular formula is C21H26. The van der Waals surface area contributed by atoms with Crippen LogP contribution >= 0.6 is 0 Å². The molecule has 0 saturated heterocycles. The van der Waals surface area contributed by atoms with Crippen LogP contribution in [0.25, 0.3) is 5.57 Å². The van der Waals surface area contributed by atoms with Crippen LogP contribution in [0, 0.1) is 0 Å². The lowest BCUT2D eigenvalue weighted by Crippen LogP contribution is -2.13. The van der Waals surface area contributed by atoms with E-state index in [1.54, 1.807) is 27.8 Å². The molecule has 0 heterocycles. The predicted molar refractivity (Wildman–Crippen MR) is 92.9 cm³/mol. The van der Waals surface area contributed by atoms with Crippen LogP contribution in [0.15, 0.2) is 30.4 Å². The van der Waals surface area contributed by atoms with Gasteiger partial charge in [0.05, 0.1) is 0 Å². The molecule has 21 heavy (non-hydrogen) atoms. The second-order valence-electron chi connectivity index (χ2n) is 6.48. The smallest absolute Gasteiger partial charge is 0.00141 e. The summed E-state index contributed by atoms with van der Waals surface area (Å²) in [5, 5.41) is 0. The molecule has 0 heteroatoms. The number of rotatable bonds is 3. The zero-order chi connectivity index (χ0) is 15.1. The van der Waals surface area contributed by atoms with Crippen LogP contribution in [-0.2, 0) is 32.1 Å². The third-order valence-electron chi connectivity index (χ3n) is 5.21. The van der Waals surface area contributed by atoms with Gasteiger partial charge in [-0.05, 0) is 90.0 Å². The minimum atomic E-state index is 1.05. The summed E-state index contributed by atoms with van der Waals surface area (Å²) in [6.45, 7) is 15.2. The first kappa shape index (κ1) is 14.4. The van der Waals surface area contributed by atoms with Crippen molar-refractivity contribution in [2.45, 2.75) is 59.3 Å². The van der Waals surface area contributed by atoms with Crippen molar-refractivity contribution in [2.24, 2.45) is 0 Å². The number of benzene rings is 1. The maximum atomic E-state index is 4.38. The molecule has 0 atom stereocenters. The fraction of sp³-hybridized carbons (Fsp3) is 0.429. The van der Waals surface area contributed by atoms with E-state index in [2.05, 4.69) is 40.0 Å². The lowest BCUT2D eigenvalue weighted by Gasteiger charge is -2.28. The van der Waals surface area contributed by atoms with E-state index in [-0.39, 0.29) is 0 Å². The van der Waals surface area contributed by atoms with Crippen LogP contribution < -0.4 is 0 Å². The maximum Gasteiger partial charge on any atom is -0.00141 e. The maximum absolute atomic E-state index is 4.38. The standard InChI is InChI=1S/C21H26/c1-6-16-18-9-8-10-19(18)17(7-2)21-14(5)11-15(13(3)4)12-20(16)21/h11H,3,5-10,12H2,1-2,4H3. The fourth-order valence-corrected chi connectivity index (χ4v) is 4.27. The van der Waals surface area contributed by atoms with Gasteiger partial charge in [-0.3, -0.25) is 0 Å². The van der Waals surface area contributed by atoms with Crippen LogP contribution in [0.4, 0.5) is 0 Å². The van der Waals surface area contributed by atoms with Crippen molar-refractivity contribution < 1.29 is 0 Å². The van der Waals surface area contributed by atoms with Gasteiger partial charge in [0.25, 0.3) is 0 Å². The summed E-state index contributed by atoms with van der Waals surface area (Å²) in [5.74, 6) is 0. The average Bonchev–Trinajstić information content (AvgIpc) is 2.93. The van der Waals surface area contributed by atoms with Crippen LogP contribution in [-0.4, -0.2) is 0 Å². The van der Waals surface area contributed by atoms with Crippen molar-refractivity contribution in [3.8, 4) is 0 Å². The Labute approximate surface area is 129 Å². The Bertz CT molecular complexity index is 668. The molecule has 2 aliphatic carbocycles. The minimum absolute atomic E-state index is 1.05. The zero-order valence-corrected chi connectivity index (χ0v) is 13.7. The van der Waals surface area contributed by atoms with E-state index in [0.717, 1.165) is 19.3 Å². The van der Waals surface area contributed by atoms with Gasteiger partial charge in [-0.2, -0.15) is 0 Å². The van der Waals surface area contributed by atoms with Crippen molar-refractivity contribution in [1.82, 2.24) is 0 Å². The monoisotopic (exact) mass is 278 g/mol. The first-order valence-electron chi connectivity index (χ1n) is 8.32. The zero-order valence-electron chi connectivity index (χ0n) is 13.7. The molecule has 0 unspecified atom stereocenters. The van der Waals surface area contributed by atoms with Gasteiger partial charge in [0, 0.05) is 0 Å². The van der Waals surface area contributed by atoms with E-state index in [0.29, 0.717) is 0 Å². The summed E-state index contributed by atoms with van der Waals surface area (Å²) < 4.78 is 0. The van der Waals surface area contributed by atoms with Crippen LogP contribution in [0.5, 0.6) is 0 Å². The van der Waals surface area contributed by atoms with E-state index in [1.165, 1.54) is 41.5 Å². The van der Waals surface area contributed by atoms with Crippen molar-refractivity contribution in [2.75, 3.05) is 0 Å². The molecule has 0 radical (unpaired) electrons. The van der Waals surface area contributed by atoms with Gasteiger partial charge in [0.15, 0.2) is 0 Å². The van der Waals surface area contributed by atoms with Crippen molar-refractivity contribution in [3.05, 3.63) is 63.8 Å². The van der Waals surface area contributed by atoms with Crippen LogP contribution in [0.1, 0.15) is 60.6 Å². The Morgan fingerprint density at radius 2 is 1.67 bits per heavy atom. The molecule has 0 spiro atoms. The van der Waals surface area contributed by atoms with Gasteiger partial charge >= 0.3 is 0 Å². The molecule has 0 N–H and O–H groups in total.